The van der Waals surface area contributed by atoms with Gasteiger partial charge in [0.2, 0.25) is 5.95 Å². The van der Waals surface area contributed by atoms with Gasteiger partial charge in [-0.1, -0.05) is 0 Å². The topological polar surface area (TPSA) is 35.5 Å². The molecule has 6 heteroatoms. The highest BCUT2D eigenvalue weighted by atomic mass is 19.1. The number of benzene rings is 1. The van der Waals surface area contributed by atoms with Gasteiger partial charge in [-0.3, -0.25) is 0 Å². The lowest BCUT2D eigenvalue weighted by Crippen LogP contribution is -2.47. The van der Waals surface area contributed by atoms with Gasteiger partial charge in [0.1, 0.15) is 11.6 Å². The summed E-state index contributed by atoms with van der Waals surface area (Å²) in [6.45, 7) is 7.80. The molecular weight excluding hydrogens is 329 g/mol. The van der Waals surface area contributed by atoms with E-state index in [0.717, 1.165) is 62.4 Å². The number of piperazine rings is 1. The van der Waals surface area contributed by atoms with Crippen molar-refractivity contribution in [3.05, 3.63) is 41.8 Å². The summed E-state index contributed by atoms with van der Waals surface area (Å²) in [4.78, 5) is 16.5. The van der Waals surface area contributed by atoms with E-state index in [0.29, 0.717) is 0 Å². The van der Waals surface area contributed by atoms with Crippen LogP contribution in [0.4, 0.5) is 21.8 Å². The molecule has 5 nitrogen and oxygen atoms in total. The van der Waals surface area contributed by atoms with Gasteiger partial charge in [-0.25, -0.2) is 9.37 Å². The molecule has 0 atom stereocenters. The zero-order valence-electron chi connectivity index (χ0n) is 15.4. The molecule has 0 aliphatic carbocycles. The number of piperidine rings is 1. The fourth-order valence-corrected chi connectivity index (χ4v) is 3.78. The Hall–Kier alpha value is -2.37. The summed E-state index contributed by atoms with van der Waals surface area (Å²) in [5, 5.41) is 0. The van der Waals surface area contributed by atoms with Crippen molar-refractivity contribution in [2.75, 3.05) is 54.0 Å². The van der Waals surface area contributed by atoms with Gasteiger partial charge in [0.15, 0.2) is 0 Å². The molecule has 0 spiro atoms. The van der Waals surface area contributed by atoms with Crippen molar-refractivity contribution in [2.45, 2.75) is 26.2 Å². The summed E-state index contributed by atoms with van der Waals surface area (Å²) >= 11 is 0. The molecule has 138 valence electrons. The number of hydrogen-bond acceptors (Lipinski definition) is 5. The van der Waals surface area contributed by atoms with Gasteiger partial charge < -0.3 is 14.7 Å². The summed E-state index contributed by atoms with van der Waals surface area (Å²) in [5.41, 5.74) is 2.11. The lowest BCUT2D eigenvalue weighted by molar-refractivity contribution is 0.566. The van der Waals surface area contributed by atoms with E-state index in [-0.39, 0.29) is 5.82 Å². The third-order valence-electron chi connectivity index (χ3n) is 5.26. The van der Waals surface area contributed by atoms with Crippen LogP contribution in [-0.2, 0) is 0 Å². The molecule has 2 saturated heterocycles. The minimum atomic E-state index is -0.186. The van der Waals surface area contributed by atoms with Gasteiger partial charge in [0.05, 0.1) is 0 Å². The molecule has 2 aliphatic rings. The Balaban J connectivity index is 1.45. The number of rotatable bonds is 3. The molecule has 3 heterocycles. The van der Waals surface area contributed by atoms with Crippen molar-refractivity contribution in [1.29, 1.82) is 0 Å². The van der Waals surface area contributed by atoms with Crippen LogP contribution < -0.4 is 14.7 Å². The zero-order valence-corrected chi connectivity index (χ0v) is 15.4. The number of aryl methyl sites for hydroxylation is 1. The maximum absolute atomic E-state index is 13.1. The number of aromatic nitrogens is 2. The molecule has 2 aliphatic heterocycles. The van der Waals surface area contributed by atoms with Crippen LogP contribution in [0.25, 0.3) is 0 Å². The van der Waals surface area contributed by atoms with E-state index < -0.39 is 0 Å². The van der Waals surface area contributed by atoms with E-state index in [4.69, 9.17) is 4.98 Å². The molecule has 1 aromatic heterocycles. The van der Waals surface area contributed by atoms with E-state index in [1.807, 2.05) is 19.1 Å². The SMILES string of the molecule is Cc1cc(N2CCN(c3ccc(F)cc3)CC2)nc(N2CCCCC2)n1. The smallest absolute Gasteiger partial charge is 0.227 e. The highest BCUT2D eigenvalue weighted by Crippen LogP contribution is 2.23. The van der Waals surface area contributed by atoms with Gasteiger partial charge in [0, 0.05) is 56.7 Å². The average molecular weight is 355 g/mol. The number of hydrogen-bond donors (Lipinski definition) is 0. The van der Waals surface area contributed by atoms with Crippen LogP contribution in [0.2, 0.25) is 0 Å². The quantitative estimate of drug-likeness (QED) is 0.845. The van der Waals surface area contributed by atoms with Gasteiger partial charge in [0.25, 0.3) is 0 Å². The second-order valence-electron chi connectivity index (χ2n) is 7.17. The molecule has 26 heavy (non-hydrogen) atoms. The van der Waals surface area contributed by atoms with Crippen molar-refractivity contribution in [2.24, 2.45) is 0 Å². The molecular formula is C20H26FN5. The van der Waals surface area contributed by atoms with Crippen LogP contribution in [0.15, 0.2) is 30.3 Å². The third kappa shape index (κ3) is 3.74. The molecule has 0 saturated carbocycles. The molecule has 2 fully saturated rings. The van der Waals surface area contributed by atoms with Crippen LogP contribution in [0.5, 0.6) is 0 Å². The van der Waals surface area contributed by atoms with Crippen LogP contribution in [0.1, 0.15) is 25.0 Å². The predicted octanol–water partition coefficient (Wildman–Crippen LogP) is 3.24. The molecule has 1 aromatic carbocycles. The molecule has 0 N–H and O–H groups in total. The number of anilines is 3. The lowest BCUT2D eigenvalue weighted by Gasteiger charge is -2.37. The van der Waals surface area contributed by atoms with Gasteiger partial charge in [-0.2, -0.15) is 4.98 Å². The van der Waals surface area contributed by atoms with Crippen molar-refractivity contribution >= 4 is 17.5 Å². The monoisotopic (exact) mass is 355 g/mol. The van der Waals surface area contributed by atoms with E-state index in [2.05, 4.69) is 25.8 Å². The average Bonchev–Trinajstić information content (AvgIpc) is 2.69. The first-order valence-corrected chi connectivity index (χ1v) is 9.55. The molecule has 0 radical (unpaired) electrons. The standard InChI is InChI=1S/C20H26FN5/c1-16-15-19(23-20(22-16)26-9-3-2-4-10-26)25-13-11-24(12-14-25)18-7-5-17(21)6-8-18/h5-8,15H,2-4,9-14H2,1H3. The molecule has 0 amide bonds. The highest BCUT2D eigenvalue weighted by Gasteiger charge is 2.21. The maximum atomic E-state index is 13.1. The fourth-order valence-electron chi connectivity index (χ4n) is 3.78. The van der Waals surface area contributed by atoms with Crippen LogP contribution in [0.3, 0.4) is 0 Å². The van der Waals surface area contributed by atoms with Gasteiger partial charge >= 0.3 is 0 Å². The van der Waals surface area contributed by atoms with Crippen LogP contribution in [-0.4, -0.2) is 49.2 Å². The largest absolute Gasteiger partial charge is 0.368 e. The summed E-state index contributed by atoms with van der Waals surface area (Å²) in [5.74, 6) is 1.71. The minimum absolute atomic E-state index is 0.186. The van der Waals surface area contributed by atoms with Crippen molar-refractivity contribution < 1.29 is 4.39 Å². The van der Waals surface area contributed by atoms with E-state index in [9.17, 15) is 4.39 Å². The van der Waals surface area contributed by atoms with Crippen molar-refractivity contribution in [1.82, 2.24) is 9.97 Å². The van der Waals surface area contributed by atoms with Crippen molar-refractivity contribution in [3.63, 3.8) is 0 Å². The van der Waals surface area contributed by atoms with Crippen LogP contribution in [0, 0.1) is 12.7 Å². The van der Waals surface area contributed by atoms with Crippen molar-refractivity contribution in [3.8, 4) is 0 Å². The minimum Gasteiger partial charge on any atom is -0.368 e. The van der Waals surface area contributed by atoms with E-state index in [1.165, 1.54) is 31.4 Å². The molecule has 0 unspecified atom stereocenters. The first kappa shape index (κ1) is 17.1. The normalized spacial score (nSPS) is 18.3. The third-order valence-corrected chi connectivity index (χ3v) is 5.26. The summed E-state index contributed by atoms with van der Waals surface area (Å²) < 4.78 is 13.1. The Morgan fingerprint density at radius 2 is 1.42 bits per heavy atom. The summed E-state index contributed by atoms with van der Waals surface area (Å²) in [6.07, 6.45) is 3.76. The fraction of sp³-hybridized carbons (Fsp3) is 0.500. The molecule has 4 rings (SSSR count). The second kappa shape index (κ2) is 7.48. The zero-order chi connectivity index (χ0) is 17.9. The first-order chi connectivity index (χ1) is 12.7. The van der Waals surface area contributed by atoms with Gasteiger partial charge in [-0.05, 0) is 50.5 Å². The molecule has 0 bridgehead atoms. The van der Waals surface area contributed by atoms with E-state index in [1.54, 1.807) is 0 Å². The summed E-state index contributed by atoms with van der Waals surface area (Å²) in [7, 11) is 0. The Morgan fingerprint density at radius 3 is 2.12 bits per heavy atom. The van der Waals surface area contributed by atoms with Gasteiger partial charge in [-0.15, -0.1) is 0 Å². The lowest BCUT2D eigenvalue weighted by atomic mass is 10.1. The first-order valence-electron chi connectivity index (χ1n) is 9.55. The Bertz CT molecular complexity index is 734. The van der Waals surface area contributed by atoms with Crippen LogP contribution >= 0.6 is 0 Å². The number of halogens is 1. The summed E-state index contributed by atoms with van der Waals surface area (Å²) in [6, 6.07) is 8.85. The second-order valence-corrected chi connectivity index (χ2v) is 7.17. The highest BCUT2D eigenvalue weighted by molar-refractivity contribution is 5.51. The Labute approximate surface area is 154 Å². The Morgan fingerprint density at radius 1 is 0.769 bits per heavy atom. The number of nitrogens with zero attached hydrogens (tertiary/aromatic N) is 5. The maximum Gasteiger partial charge on any atom is 0.227 e. The molecule has 2 aromatic rings. The van der Waals surface area contributed by atoms with E-state index >= 15 is 0 Å². The Kier molecular flexibility index (Phi) is 4.91. The predicted molar refractivity (Wildman–Crippen MR) is 104 cm³/mol.